The molecule has 134 valence electrons. The second kappa shape index (κ2) is 8.25. The summed E-state index contributed by atoms with van der Waals surface area (Å²) >= 11 is 11.7. The fourth-order valence-corrected chi connectivity index (χ4v) is 2.93. The van der Waals surface area contributed by atoms with Crippen molar-refractivity contribution in [2.75, 3.05) is 13.1 Å². The minimum atomic E-state index is -0.269. The molecule has 7 heteroatoms. The average Bonchev–Trinajstić information content (AvgIpc) is 3.04. The highest BCUT2D eigenvalue weighted by Gasteiger charge is 2.10. The van der Waals surface area contributed by atoms with Crippen molar-refractivity contribution >= 4 is 45.9 Å². The molecule has 3 aromatic rings. The maximum atomic E-state index is 12.1. The summed E-state index contributed by atoms with van der Waals surface area (Å²) in [6.07, 6.45) is 2.13. The van der Waals surface area contributed by atoms with Crippen LogP contribution in [0.25, 0.3) is 10.9 Å². The van der Waals surface area contributed by atoms with Crippen molar-refractivity contribution in [3.05, 3.63) is 69.8 Å². The molecule has 0 aliphatic heterocycles. The van der Waals surface area contributed by atoms with E-state index in [1.807, 2.05) is 30.5 Å². The van der Waals surface area contributed by atoms with E-state index in [-0.39, 0.29) is 18.2 Å². The van der Waals surface area contributed by atoms with Crippen molar-refractivity contribution in [3.63, 3.8) is 0 Å². The molecule has 0 saturated heterocycles. The molecule has 0 fully saturated rings. The van der Waals surface area contributed by atoms with Crippen molar-refractivity contribution in [3.8, 4) is 0 Å². The topological polar surface area (TPSA) is 74.0 Å². The number of hydrogen-bond donors (Lipinski definition) is 3. The smallest absolute Gasteiger partial charge is 0.251 e. The molecule has 2 amide bonds. The first-order valence-electron chi connectivity index (χ1n) is 8.09. The predicted molar refractivity (Wildman–Crippen MR) is 104 cm³/mol. The third-order valence-corrected chi connectivity index (χ3v) is 4.68. The summed E-state index contributed by atoms with van der Waals surface area (Å²) in [5.74, 6) is -0.368. The lowest BCUT2D eigenvalue weighted by Gasteiger charge is -2.08. The maximum absolute atomic E-state index is 12.1. The standard InChI is InChI=1S/C19H17Cl2N3O2/c20-15-6-5-12(9-16(15)21)19(26)23-8-7-22-18(25)10-13-11-24-17-4-2-1-3-14(13)17/h1-6,9,11,24H,7-8,10H2,(H,22,25)(H,23,26). The molecular weight excluding hydrogens is 373 g/mol. The SMILES string of the molecule is O=C(Cc1c[nH]c2ccccc12)NCCNC(=O)c1ccc(Cl)c(Cl)c1. The Balaban J connectivity index is 1.45. The summed E-state index contributed by atoms with van der Waals surface area (Å²) < 4.78 is 0. The molecule has 2 aromatic carbocycles. The summed E-state index contributed by atoms with van der Waals surface area (Å²) in [6.45, 7) is 0.660. The van der Waals surface area contributed by atoms with Gasteiger partial charge in [-0.2, -0.15) is 0 Å². The largest absolute Gasteiger partial charge is 0.361 e. The normalized spacial score (nSPS) is 10.7. The van der Waals surface area contributed by atoms with Gasteiger partial charge in [0.1, 0.15) is 0 Å². The summed E-state index contributed by atoms with van der Waals surface area (Å²) in [7, 11) is 0. The summed E-state index contributed by atoms with van der Waals surface area (Å²) in [5, 5.41) is 7.29. The van der Waals surface area contributed by atoms with E-state index in [0.717, 1.165) is 16.5 Å². The Labute approximate surface area is 160 Å². The van der Waals surface area contributed by atoms with Gasteiger partial charge in [0, 0.05) is 35.8 Å². The first-order chi connectivity index (χ1) is 12.5. The Kier molecular flexibility index (Phi) is 5.81. The molecule has 5 nitrogen and oxygen atoms in total. The number of fused-ring (bicyclic) bond motifs is 1. The fourth-order valence-electron chi connectivity index (χ4n) is 2.63. The van der Waals surface area contributed by atoms with Crippen LogP contribution in [0, 0.1) is 0 Å². The lowest BCUT2D eigenvalue weighted by Crippen LogP contribution is -2.35. The Bertz CT molecular complexity index is 953. The van der Waals surface area contributed by atoms with Gasteiger partial charge in [-0.25, -0.2) is 0 Å². The monoisotopic (exact) mass is 389 g/mol. The van der Waals surface area contributed by atoms with E-state index in [4.69, 9.17) is 23.2 Å². The number of para-hydroxylation sites is 1. The van der Waals surface area contributed by atoms with Crippen molar-refractivity contribution in [1.82, 2.24) is 15.6 Å². The Morgan fingerprint density at radius 1 is 0.962 bits per heavy atom. The van der Waals surface area contributed by atoms with Crippen molar-refractivity contribution in [2.45, 2.75) is 6.42 Å². The lowest BCUT2D eigenvalue weighted by molar-refractivity contribution is -0.120. The number of H-pyrrole nitrogens is 1. The number of carbonyl (C=O) groups is 2. The first-order valence-corrected chi connectivity index (χ1v) is 8.85. The van der Waals surface area contributed by atoms with Gasteiger partial charge in [0.05, 0.1) is 16.5 Å². The quantitative estimate of drug-likeness (QED) is 0.563. The molecule has 0 atom stereocenters. The number of aromatic amines is 1. The van der Waals surface area contributed by atoms with Gasteiger partial charge in [-0.3, -0.25) is 9.59 Å². The van der Waals surface area contributed by atoms with Gasteiger partial charge in [-0.15, -0.1) is 0 Å². The van der Waals surface area contributed by atoms with E-state index in [9.17, 15) is 9.59 Å². The molecule has 0 bridgehead atoms. The number of carbonyl (C=O) groups excluding carboxylic acids is 2. The van der Waals surface area contributed by atoms with Crippen LogP contribution < -0.4 is 10.6 Å². The molecule has 1 heterocycles. The van der Waals surface area contributed by atoms with Crippen LogP contribution in [0.4, 0.5) is 0 Å². The van der Waals surface area contributed by atoms with Gasteiger partial charge in [-0.05, 0) is 29.8 Å². The van der Waals surface area contributed by atoms with E-state index in [1.54, 1.807) is 12.1 Å². The molecular formula is C19H17Cl2N3O2. The third-order valence-electron chi connectivity index (χ3n) is 3.94. The maximum Gasteiger partial charge on any atom is 0.251 e. The van der Waals surface area contributed by atoms with Crippen LogP contribution in [0.15, 0.2) is 48.7 Å². The lowest BCUT2D eigenvalue weighted by atomic mass is 10.1. The van der Waals surface area contributed by atoms with E-state index in [2.05, 4.69) is 15.6 Å². The highest BCUT2D eigenvalue weighted by Crippen LogP contribution is 2.22. The minimum Gasteiger partial charge on any atom is -0.361 e. The number of halogens is 2. The van der Waals surface area contributed by atoms with Crippen LogP contribution in [0.1, 0.15) is 15.9 Å². The van der Waals surface area contributed by atoms with E-state index < -0.39 is 0 Å². The van der Waals surface area contributed by atoms with Crippen molar-refractivity contribution in [2.24, 2.45) is 0 Å². The summed E-state index contributed by atoms with van der Waals surface area (Å²) in [5.41, 5.74) is 2.37. The zero-order valence-corrected chi connectivity index (χ0v) is 15.3. The van der Waals surface area contributed by atoms with Crippen LogP contribution in [-0.4, -0.2) is 29.9 Å². The van der Waals surface area contributed by atoms with Gasteiger partial charge >= 0.3 is 0 Å². The molecule has 0 aliphatic carbocycles. The molecule has 0 unspecified atom stereocenters. The molecule has 1 aromatic heterocycles. The number of rotatable bonds is 6. The molecule has 0 radical (unpaired) electrons. The van der Waals surface area contributed by atoms with Gasteiger partial charge in [0.25, 0.3) is 5.91 Å². The Morgan fingerprint density at radius 3 is 2.54 bits per heavy atom. The summed E-state index contributed by atoms with van der Waals surface area (Å²) in [6, 6.07) is 12.5. The van der Waals surface area contributed by atoms with Crippen LogP contribution in [0.2, 0.25) is 10.0 Å². The van der Waals surface area contributed by atoms with E-state index >= 15 is 0 Å². The van der Waals surface area contributed by atoms with E-state index in [0.29, 0.717) is 28.7 Å². The number of aromatic nitrogens is 1. The Hall–Kier alpha value is -2.50. The Morgan fingerprint density at radius 2 is 1.73 bits per heavy atom. The highest BCUT2D eigenvalue weighted by atomic mass is 35.5. The average molecular weight is 390 g/mol. The molecule has 0 aliphatic rings. The number of nitrogens with one attached hydrogen (secondary N) is 3. The van der Waals surface area contributed by atoms with Crippen LogP contribution in [0.5, 0.6) is 0 Å². The number of benzene rings is 2. The van der Waals surface area contributed by atoms with Crippen LogP contribution in [0.3, 0.4) is 0 Å². The van der Waals surface area contributed by atoms with Crippen LogP contribution in [-0.2, 0) is 11.2 Å². The highest BCUT2D eigenvalue weighted by molar-refractivity contribution is 6.42. The third kappa shape index (κ3) is 4.36. The van der Waals surface area contributed by atoms with Gasteiger partial charge < -0.3 is 15.6 Å². The molecule has 3 rings (SSSR count). The summed E-state index contributed by atoms with van der Waals surface area (Å²) in [4.78, 5) is 27.3. The second-order valence-electron chi connectivity index (χ2n) is 5.77. The second-order valence-corrected chi connectivity index (χ2v) is 6.59. The van der Waals surface area contributed by atoms with Crippen LogP contribution >= 0.6 is 23.2 Å². The molecule has 0 spiro atoms. The van der Waals surface area contributed by atoms with Crippen molar-refractivity contribution in [1.29, 1.82) is 0 Å². The molecule has 26 heavy (non-hydrogen) atoms. The molecule has 3 N–H and O–H groups in total. The van der Waals surface area contributed by atoms with Crippen molar-refractivity contribution < 1.29 is 9.59 Å². The zero-order chi connectivity index (χ0) is 18.5. The fraction of sp³-hybridized carbons (Fsp3) is 0.158. The zero-order valence-electron chi connectivity index (χ0n) is 13.8. The van der Waals surface area contributed by atoms with Gasteiger partial charge in [-0.1, -0.05) is 41.4 Å². The van der Waals surface area contributed by atoms with Gasteiger partial charge in [0.2, 0.25) is 5.91 Å². The van der Waals surface area contributed by atoms with E-state index in [1.165, 1.54) is 6.07 Å². The molecule has 0 saturated carbocycles. The number of hydrogen-bond acceptors (Lipinski definition) is 2. The predicted octanol–water partition coefficient (Wildman–Crippen LogP) is 3.56. The number of amides is 2. The first kappa shape index (κ1) is 18.3. The minimum absolute atomic E-state index is 0.0986. The van der Waals surface area contributed by atoms with Gasteiger partial charge in [0.15, 0.2) is 0 Å².